The van der Waals surface area contributed by atoms with Gasteiger partial charge in [-0.3, -0.25) is 4.90 Å². The second-order valence-corrected chi connectivity index (χ2v) is 2.49. The summed E-state index contributed by atoms with van der Waals surface area (Å²) < 4.78 is 1.08. The number of alkyl halides is 1. The van der Waals surface area contributed by atoms with Crippen LogP contribution in [0, 0.1) is 0 Å². The van der Waals surface area contributed by atoms with E-state index in [1.165, 1.54) is 0 Å². The molecule has 0 saturated carbocycles. The van der Waals surface area contributed by atoms with Crippen LogP contribution in [-0.2, 0) is 0 Å². The minimum Gasteiger partial charge on any atom is -0.381 e. The van der Waals surface area contributed by atoms with Gasteiger partial charge < -0.3 is 5.11 Å². The molecule has 3 heteroatoms. The van der Waals surface area contributed by atoms with Gasteiger partial charge in [-0.05, 0) is 7.05 Å². The molecule has 2 nitrogen and oxygen atoms in total. The summed E-state index contributed by atoms with van der Waals surface area (Å²) in [5.74, 6) is 0. The smallest absolute Gasteiger partial charge is 0.0954 e. The quantitative estimate of drug-likeness (QED) is 0.416. The van der Waals surface area contributed by atoms with Gasteiger partial charge in [0.05, 0.1) is 6.73 Å². The van der Waals surface area contributed by atoms with Gasteiger partial charge in [-0.25, -0.2) is 0 Å². The van der Waals surface area contributed by atoms with Crippen molar-refractivity contribution >= 4 is 22.6 Å². The lowest BCUT2D eigenvalue weighted by Gasteiger charge is -2.08. The monoisotopic (exact) mass is 215 g/mol. The Morgan fingerprint density at radius 2 is 2.29 bits per heavy atom. The molecule has 0 atom stereocenters. The highest BCUT2D eigenvalue weighted by molar-refractivity contribution is 14.1. The molecule has 1 N–H and O–H groups in total. The van der Waals surface area contributed by atoms with Gasteiger partial charge >= 0.3 is 0 Å². The molecular formula is C4H10INO. The molecule has 0 aromatic heterocycles. The molecule has 0 aromatic rings. The van der Waals surface area contributed by atoms with Crippen LogP contribution in [0.25, 0.3) is 0 Å². The van der Waals surface area contributed by atoms with E-state index in [-0.39, 0.29) is 6.73 Å². The number of hydrogen-bond acceptors (Lipinski definition) is 2. The molecule has 0 fully saturated rings. The predicted octanol–water partition coefficient (Wildman–Crippen LogP) is 0.303. The topological polar surface area (TPSA) is 23.5 Å². The summed E-state index contributed by atoms with van der Waals surface area (Å²) in [7, 11) is 1.89. The zero-order chi connectivity index (χ0) is 5.70. The van der Waals surface area contributed by atoms with E-state index in [0.29, 0.717) is 0 Å². The lowest BCUT2D eigenvalue weighted by atomic mass is 10.7. The van der Waals surface area contributed by atoms with E-state index in [2.05, 4.69) is 22.6 Å². The van der Waals surface area contributed by atoms with Gasteiger partial charge in [0.25, 0.3) is 0 Å². The van der Waals surface area contributed by atoms with Crippen LogP contribution in [0.1, 0.15) is 0 Å². The van der Waals surface area contributed by atoms with Gasteiger partial charge in [0, 0.05) is 11.0 Å². The lowest BCUT2D eigenvalue weighted by Crippen LogP contribution is -2.20. The Morgan fingerprint density at radius 3 is 2.43 bits per heavy atom. The Balaban J connectivity index is 2.83. The highest BCUT2D eigenvalue weighted by Crippen LogP contribution is 1.83. The highest BCUT2D eigenvalue weighted by Gasteiger charge is 1.88. The number of rotatable bonds is 3. The van der Waals surface area contributed by atoms with E-state index < -0.39 is 0 Å². The van der Waals surface area contributed by atoms with Crippen LogP contribution in [0.5, 0.6) is 0 Å². The molecule has 0 saturated heterocycles. The maximum Gasteiger partial charge on any atom is 0.0954 e. The minimum atomic E-state index is 0.170. The van der Waals surface area contributed by atoms with Crippen LogP contribution in [0.4, 0.5) is 0 Å². The van der Waals surface area contributed by atoms with Crippen LogP contribution in [0.3, 0.4) is 0 Å². The fourth-order valence-corrected chi connectivity index (χ4v) is 1.04. The Hall–Kier alpha value is 0.650. The molecule has 0 unspecified atom stereocenters. The first-order valence-corrected chi connectivity index (χ1v) is 3.69. The first-order valence-electron chi connectivity index (χ1n) is 2.16. The van der Waals surface area contributed by atoms with Crippen molar-refractivity contribution in [3.63, 3.8) is 0 Å². The molecular weight excluding hydrogens is 205 g/mol. The minimum absolute atomic E-state index is 0.170. The molecule has 0 bridgehead atoms. The molecule has 0 aliphatic heterocycles. The van der Waals surface area contributed by atoms with Gasteiger partial charge in [0.15, 0.2) is 0 Å². The van der Waals surface area contributed by atoms with Gasteiger partial charge in [0.1, 0.15) is 0 Å². The normalized spacial score (nSPS) is 10.3. The van der Waals surface area contributed by atoms with Gasteiger partial charge in [-0.1, -0.05) is 22.6 Å². The SMILES string of the molecule is CN(CO)CCI. The molecule has 0 aliphatic carbocycles. The van der Waals surface area contributed by atoms with Crippen molar-refractivity contribution in [2.45, 2.75) is 0 Å². The zero-order valence-corrected chi connectivity index (χ0v) is 6.55. The van der Waals surface area contributed by atoms with Crippen molar-refractivity contribution < 1.29 is 5.11 Å². The Kier molecular flexibility index (Phi) is 5.25. The fourth-order valence-electron chi connectivity index (χ4n) is 0.215. The Morgan fingerprint density at radius 1 is 1.71 bits per heavy atom. The summed E-state index contributed by atoms with van der Waals surface area (Å²) in [6.07, 6.45) is 0. The number of hydrogen-bond donors (Lipinski definition) is 1. The summed E-state index contributed by atoms with van der Waals surface area (Å²) in [5.41, 5.74) is 0. The third-order valence-electron chi connectivity index (χ3n) is 0.708. The molecule has 44 valence electrons. The molecule has 0 aliphatic rings. The van der Waals surface area contributed by atoms with E-state index in [0.717, 1.165) is 11.0 Å². The van der Waals surface area contributed by atoms with E-state index >= 15 is 0 Å². The number of halogens is 1. The van der Waals surface area contributed by atoms with Crippen LogP contribution >= 0.6 is 22.6 Å². The second-order valence-electron chi connectivity index (χ2n) is 1.41. The summed E-state index contributed by atoms with van der Waals surface area (Å²) >= 11 is 2.27. The Labute approximate surface area is 57.6 Å². The third kappa shape index (κ3) is 4.50. The van der Waals surface area contributed by atoms with Crippen molar-refractivity contribution in [2.75, 3.05) is 24.8 Å². The average Bonchev–Trinajstić information content (AvgIpc) is 1.68. The summed E-state index contributed by atoms with van der Waals surface area (Å²) in [4.78, 5) is 1.85. The average molecular weight is 215 g/mol. The zero-order valence-electron chi connectivity index (χ0n) is 4.39. The van der Waals surface area contributed by atoms with E-state index in [1.54, 1.807) is 0 Å². The molecule has 0 amide bonds. The van der Waals surface area contributed by atoms with Crippen LogP contribution in [-0.4, -0.2) is 34.8 Å². The van der Waals surface area contributed by atoms with Crippen LogP contribution in [0.15, 0.2) is 0 Å². The number of nitrogens with zero attached hydrogens (tertiary/aromatic N) is 1. The van der Waals surface area contributed by atoms with Crippen molar-refractivity contribution in [2.24, 2.45) is 0 Å². The molecule has 0 aromatic carbocycles. The molecule has 0 heterocycles. The molecule has 0 radical (unpaired) electrons. The van der Waals surface area contributed by atoms with Crippen molar-refractivity contribution in [3.05, 3.63) is 0 Å². The van der Waals surface area contributed by atoms with Crippen molar-refractivity contribution in [1.82, 2.24) is 4.90 Å². The first-order chi connectivity index (χ1) is 3.31. The van der Waals surface area contributed by atoms with Crippen molar-refractivity contribution in [1.29, 1.82) is 0 Å². The maximum absolute atomic E-state index is 8.39. The standard InChI is InChI=1S/C4H10INO/c1-6(4-7)3-2-5/h7H,2-4H2,1H3. The van der Waals surface area contributed by atoms with E-state index in [4.69, 9.17) is 5.11 Å². The summed E-state index contributed by atoms with van der Waals surface area (Å²) in [6.45, 7) is 1.14. The van der Waals surface area contributed by atoms with Gasteiger partial charge in [0.2, 0.25) is 0 Å². The summed E-state index contributed by atoms with van der Waals surface area (Å²) in [5, 5.41) is 8.39. The fraction of sp³-hybridized carbons (Fsp3) is 1.00. The third-order valence-corrected chi connectivity index (χ3v) is 1.19. The van der Waals surface area contributed by atoms with Crippen LogP contribution in [0.2, 0.25) is 0 Å². The maximum atomic E-state index is 8.39. The largest absolute Gasteiger partial charge is 0.381 e. The Bertz CT molecular complexity index is 42.7. The second kappa shape index (κ2) is 4.80. The molecule has 7 heavy (non-hydrogen) atoms. The lowest BCUT2D eigenvalue weighted by molar-refractivity contribution is 0.140. The van der Waals surface area contributed by atoms with Crippen LogP contribution < -0.4 is 0 Å². The van der Waals surface area contributed by atoms with Crippen molar-refractivity contribution in [3.8, 4) is 0 Å². The van der Waals surface area contributed by atoms with Gasteiger partial charge in [-0.2, -0.15) is 0 Å². The number of aliphatic hydroxyl groups excluding tert-OH is 1. The first kappa shape index (κ1) is 7.65. The van der Waals surface area contributed by atoms with Gasteiger partial charge in [-0.15, -0.1) is 0 Å². The van der Waals surface area contributed by atoms with E-state index in [1.807, 2.05) is 11.9 Å². The predicted molar refractivity (Wildman–Crippen MR) is 38.6 cm³/mol. The number of aliphatic hydroxyl groups is 1. The molecule has 0 spiro atoms. The molecule has 0 rings (SSSR count). The highest BCUT2D eigenvalue weighted by atomic mass is 127. The summed E-state index contributed by atoms with van der Waals surface area (Å²) in [6, 6.07) is 0. The van der Waals surface area contributed by atoms with E-state index in [9.17, 15) is 0 Å².